The van der Waals surface area contributed by atoms with E-state index in [1.165, 1.54) is 26.3 Å². The first kappa shape index (κ1) is 21.4. The number of aromatic nitrogens is 2. The van der Waals surface area contributed by atoms with Crippen LogP contribution in [-0.4, -0.2) is 59.8 Å². The van der Waals surface area contributed by atoms with Gasteiger partial charge < -0.3 is 20.3 Å². The molecule has 0 bridgehead atoms. The molecule has 3 rings (SSSR count). The molecule has 0 saturated carbocycles. The van der Waals surface area contributed by atoms with Crippen LogP contribution in [0.5, 0.6) is 5.75 Å². The summed E-state index contributed by atoms with van der Waals surface area (Å²) in [6, 6.07) is 5.35. The van der Waals surface area contributed by atoms with E-state index in [4.69, 9.17) is 4.74 Å². The Kier molecular flexibility index (Phi) is 6.79. The molecule has 0 spiro atoms. The van der Waals surface area contributed by atoms with E-state index in [9.17, 15) is 9.59 Å². The third-order valence-electron chi connectivity index (χ3n) is 5.15. The van der Waals surface area contributed by atoms with Crippen molar-refractivity contribution in [2.24, 2.45) is 0 Å². The summed E-state index contributed by atoms with van der Waals surface area (Å²) in [6.45, 7) is 7.11. The Balaban J connectivity index is 1.75. The number of rotatable bonds is 7. The van der Waals surface area contributed by atoms with E-state index >= 15 is 0 Å². The van der Waals surface area contributed by atoms with Crippen molar-refractivity contribution in [3.8, 4) is 5.75 Å². The molecule has 2 aromatic rings. The van der Waals surface area contributed by atoms with Crippen molar-refractivity contribution in [2.45, 2.75) is 25.8 Å². The third-order valence-corrected chi connectivity index (χ3v) is 5.15. The number of anilines is 2. The molecule has 0 aliphatic carbocycles. The summed E-state index contributed by atoms with van der Waals surface area (Å²) in [5.74, 6) is 0.543. The number of methoxy groups -OCH3 is 1. The average Bonchev–Trinajstić information content (AvgIpc) is 2.75. The van der Waals surface area contributed by atoms with E-state index in [-0.39, 0.29) is 17.7 Å². The number of amides is 1. The van der Waals surface area contributed by atoms with E-state index in [0.717, 1.165) is 25.9 Å². The molecule has 1 saturated heterocycles. The largest absolute Gasteiger partial charge is 0.495 e. The molecule has 30 heavy (non-hydrogen) atoms. The van der Waals surface area contributed by atoms with Crippen LogP contribution in [0.1, 0.15) is 46.2 Å². The molecule has 1 amide bonds. The highest BCUT2D eigenvalue weighted by molar-refractivity contribution is 5.97. The second kappa shape index (κ2) is 9.49. The molecule has 8 heteroatoms. The highest BCUT2D eigenvalue weighted by Gasteiger charge is 2.20. The number of hydrogen-bond donors (Lipinski definition) is 2. The van der Waals surface area contributed by atoms with Crippen LogP contribution in [0, 0.1) is 0 Å². The second-order valence-corrected chi connectivity index (χ2v) is 7.34. The van der Waals surface area contributed by atoms with E-state index in [0.29, 0.717) is 34.2 Å². The van der Waals surface area contributed by atoms with Crippen molar-refractivity contribution >= 4 is 29.4 Å². The number of nitrogens with one attached hydrogen (secondary N) is 2. The van der Waals surface area contributed by atoms with Crippen LogP contribution in [0.15, 0.2) is 31.0 Å². The van der Waals surface area contributed by atoms with Gasteiger partial charge in [-0.1, -0.05) is 6.58 Å². The lowest BCUT2D eigenvalue weighted by Gasteiger charge is -2.29. The predicted molar refractivity (Wildman–Crippen MR) is 116 cm³/mol. The van der Waals surface area contributed by atoms with Crippen LogP contribution >= 0.6 is 0 Å². The Labute approximate surface area is 176 Å². The van der Waals surface area contributed by atoms with Gasteiger partial charge in [0, 0.05) is 17.8 Å². The molecule has 8 nitrogen and oxygen atoms in total. The average molecular weight is 409 g/mol. The number of ether oxygens (including phenoxy) is 1. The predicted octanol–water partition coefficient (Wildman–Crippen LogP) is 2.90. The van der Waals surface area contributed by atoms with Gasteiger partial charge in [0.1, 0.15) is 5.75 Å². The fraction of sp³-hybridized carbons (Fsp3) is 0.364. The number of Topliss-reactive ketones (excluding diaryl/α,β-unsaturated/α-hetero) is 1. The van der Waals surface area contributed by atoms with Gasteiger partial charge in [-0.15, -0.1) is 0 Å². The van der Waals surface area contributed by atoms with Crippen molar-refractivity contribution in [2.75, 3.05) is 32.6 Å². The molecular weight excluding hydrogens is 382 g/mol. The number of benzene rings is 1. The lowest BCUT2D eigenvalue weighted by atomic mass is 10.0. The zero-order valence-corrected chi connectivity index (χ0v) is 17.6. The highest BCUT2D eigenvalue weighted by atomic mass is 16.5. The van der Waals surface area contributed by atoms with Gasteiger partial charge in [0.2, 0.25) is 5.95 Å². The summed E-state index contributed by atoms with van der Waals surface area (Å²) in [6.07, 6.45) is 4.86. The summed E-state index contributed by atoms with van der Waals surface area (Å²) >= 11 is 0. The molecule has 158 valence electrons. The smallest absolute Gasteiger partial charge is 0.251 e. The molecule has 1 aliphatic rings. The van der Waals surface area contributed by atoms with Gasteiger partial charge in [0.25, 0.3) is 5.91 Å². The molecule has 1 aliphatic heterocycles. The van der Waals surface area contributed by atoms with Gasteiger partial charge in [-0.05, 0) is 64.2 Å². The zero-order valence-electron chi connectivity index (χ0n) is 17.6. The number of ketones is 1. The van der Waals surface area contributed by atoms with Gasteiger partial charge in [-0.25, -0.2) is 9.97 Å². The number of hydrogen-bond acceptors (Lipinski definition) is 7. The minimum Gasteiger partial charge on any atom is -0.495 e. The summed E-state index contributed by atoms with van der Waals surface area (Å²) < 4.78 is 5.45. The van der Waals surface area contributed by atoms with Crippen molar-refractivity contribution in [1.29, 1.82) is 0 Å². The first-order valence-corrected chi connectivity index (χ1v) is 9.86. The standard InChI is InChI=1S/C22H27N5O3/c1-5-18-17(14(2)28)13-23-22(25-18)26-19-7-6-15(12-20(19)30-4)21(29)24-16-8-10-27(3)11-9-16/h5-7,12-13,16H,1,8-11H2,2-4H3,(H,24,29)(H,23,25,26). The Morgan fingerprint density at radius 2 is 2.03 bits per heavy atom. The molecule has 1 aromatic carbocycles. The molecule has 0 atom stereocenters. The molecule has 1 fully saturated rings. The SMILES string of the molecule is C=Cc1nc(Nc2ccc(C(=O)NC3CCN(C)CC3)cc2OC)ncc1C(C)=O. The normalized spacial score (nSPS) is 14.8. The van der Waals surface area contributed by atoms with E-state index in [1.807, 2.05) is 0 Å². The molecular formula is C22H27N5O3. The van der Waals surface area contributed by atoms with Gasteiger partial charge in [-0.3, -0.25) is 9.59 Å². The fourth-order valence-corrected chi connectivity index (χ4v) is 3.36. The Morgan fingerprint density at radius 1 is 1.30 bits per heavy atom. The minimum atomic E-state index is -0.131. The maximum absolute atomic E-state index is 12.6. The number of nitrogens with zero attached hydrogens (tertiary/aromatic N) is 3. The number of carbonyl (C=O) groups excluding carboxylic acids is 2. The van der Waals surface area contributed by atoms with Crippen LogP contribution in [-0.2, 0) is 0 Å². The zero-order chi connectivity index (χ0) is 21.7. The van der Waals surface area contributed by atoms with Gasteiger partial charge in [-0.2, -0.15) is 0 Å². The minimum absolute atomic E-state index is 0.120. The molecule has 2 N–H and O–H groups in total. The van der Waals surface area contributed by atoms with Crippen LogP contribution in [0.3, 0.4) is 0 Å². The van der Waals surface area contributed by atoms with Crippen molar-refractivity contribution in [3.05, 3.63) is 47.8 Å². The number of carbonyl (C=O) groups is 2. The molecule has 1 aromatic heterocycles. The number of likely N-dealkylation sites (tertiary alicyclic amines) is 1. The van der Waals surface area contributed by atoms with Gasteiger partial charge in [0.05, 0.1) is 24.1 Å². The molecule has 0 unspecified atom stereocenters. The van der Waals surface area contributed by atoms with Crippen LogP contribution in [0.4, 0.5) is 11.6 Å². The summed E-state index contributed by atoms with van der Waals surface area (Å²) in [4.78, 5) is 35.1. The number of piperidine rings is 1. The second-order valence-electron chi connectivity index (χ2n) is 7.34. The quantitative estimate of drug-likeness (QED) is 0.679. The van der Waals surface area contributed by atoms with Crippen LogP contribution < -0.4 is 15.4 Å². The Bertz CT molecular complexity index is 952. The first-order chi connectivity index (χ1) is 14.4. The highest BCUT2D eigenvalue weighted by Crippen LogP contribution is 2.28. The molecule has 2 heterocycles. The Hall–Kier alpha value is -3.26. The Morgan fingerprint density at radius 3 is 2.67 bits per heavy atom. The van der Waals surface area contributed by atoms with Crippen LogP contribution in [0.2, 0.25) is 0 Å². The van der Waals surface area contributed by atoms with Crippen LogP contribution in [0.25, 0.3) is 6.08 Å². The summed E-state index contributed by atoms with van der Waals surface area (Å²) in [5, 5.41) is 6.17. The lowest BCUT2D eigenvalue weighted by Crippen LogP contribution is -2.43. The fourth-order valence-electron chi connectivity index (χ4n) is 3.36. The van der Waals surface area contributed by atoms with E-state index in [2.05, 4.69) is 39.1 Å². The summed E-state index contributed by atoms with van der Waals surface area (Å²) in [7, 11) is 3.62. The van der Waals surface area contributed by atoms with Gasteiger partial charge in [0.15, 0.2) is 5.78 Å². The first-order valence-electron chi connectivity index (χ1n) is 9.86. The maximum atomic E-state index is 12.6. The van der Waals surface area contributed by atoms with Crippen molar-refractivity contribution < 1.29 is 14.3 Å². The monoisotopic (exact) mass is 409 g/mol. The third kappa shape index (κ3) is 5.01. The lowest BCUT2D eigenvalue weighted by molar-refractivity contribution is 0.0916. The van der Waals surface area contributed by atoms with Crippen molar-refractivity contribution in [1.82, 2.24) is 20.2 Å². The van der Waals surface area contributed by atoms with Crippen molar-refractivity contribution in [3.63, 3.8) is 0 Å². The summed E-state index contributed by atoms with van der Waals surface area (Å²) in [5.41, 5.74) is 1.99. The van der Waals surface area contributed by atoms with E-state index in [1.54, 1.807) is 18.2 Å². The maximum Gasteiger partial charge on any atom is 0.251 e. The van der Waals surface area contributed by atoms with E-state index < -0.39 is 0 Å². The topological polar surface area (TPSA) is 96.5 Å². The van der Waals surface area contributed by atoms with Gasteiger partial charge >= 0.3 is 0 Å². The molecule has 0 radical (unpaired) electrons.